The zero-order valence-corrected chi connectivity index (χ0v) is 12.4. The average molecular weight is 279 g/mol. The van der Waals surface area contributed by atoms with Gasteiger partial charge in [-0.05, 0) is 48.4 Å². The Hall–Kier alpha value is -2.09. The van der Waals surface area contributed by atoms with Crippen LogP contribution in [0.2, 0.25) is 0 Å². The molecule has 0 aliphatic heterocycles. The van der Waals surface area contributed by atoms with Crippen molar-refractivity contribution in [3.05, 3.63) is 71.3 Å². The van der Waals surface area contributed by atoms with Crippen molar-refractivity contribution in [3.63, 3.8) is 0 Å². The number of rotatable bonds is 5. The molecule has 1 aliphatic rings. The van der Waals surface area contributed by atoms with E-state index in [0.717, 1.165) is 12.0 Å². The lowest BCUT2D eigenvalue weighted by molar-refractivity contribution is 0.0931. The summed E-state index contributed by atoms with van der Waals surface area (Å²) in [6, 6.07) is 18.3. The number of carbonyl (C=O) groups is 1. The molecule has 0 radical (unpaired) electrons. The normalized spacial score (nSPS) is 15.5. The van der Waals surface area contributed by atoms with E-state index in [4.69, 9.17) is 0 Å². The van der Waals surface area contributed by atoms with Gasteiger partial charge in [-0.15, -0.1) is 0 Å². The van der Waals surface area contributed by atoms with E-state index in [0.29, 0.717) is 5.92 Å². The van der Waals surface area contributed by atoms with Crippen molar-refractivity contribution in [1.82, 2.24) is 5.32 Å². The first kappa shape index (κ1) is 13.9. The van der Waals surface area contributed by atoms with Crippen molar-refractivity contribution in [1.29, 1.82) is 0 Å². The Balaban J connectivity index is 1.74. The maximum Gasteiger partial charge on any atom is 0.251 e. The Morgan fingerprint density at radius 2 is 1.76 bits per heavy atom. The smallest absolute Gasteiger partial charge is 0.251 e. The van der Waals surface area contributed by atoms with Crippen LogP contribution in [0.25, 0.3) is 0 Å². The van der Waals surface area contributed by atoms with Gasteiger partial charge in [0, 0.05) is 5.56 Å². The average Bonchev–Trinajstić information content (AvgIpc) is 3.38. The molecule has 0 saturated heterocycles. The van der Waals surface area contributed by atoms with E-state index in [-0.39, 0.29) is 11.9 Å². The quantitative estimate of drug-likeness (QED) is 0.876. The summed E-state index contributed by atoms with van der Waals surface area (Å²) in [7, 11) is 0. The van der Waals surface area contributed by atoms with Crippen LogP contribution in [0.1, 0.15) is 47.3 Å². The molecule has 1 saturated carbocycles. The third-order valence-electron chi connectivity index (χ3n) is 4.16. The molecule has 2 aromatic carbocycles. The summed E-state index contributed by atoms with van der Waals surface area (Å²) < 4.78 is 0. The summed E-state index contributed by atoms with van der Waals surface area (Å²) in [5.74, 6) is 0.615. The molecule has 0 aromatic heterocycles. The molecule has 0 bridgehead atoms. The fraction of sp³-hybridized carbons (Fsp3) is 0.316. The van der Waals surface area contributed by atoms with Crippen molar-refractivity contribution < 1.29 is 4.79 Å². The molecule has 1 atom stereocenters. The predicted molar refractivity (Wildman–Crippen MR) is 85.2 cm³/mol. The highest BCUT2D eigenvalue weighted by atomic mass is 16.1. The lowest BCUT2D eigenvalue weighted by Crippen LogP contribution is -2.29. The molecule has 108 valence electrons. The van der Waals surface area contributed by atoms with Crippen LogP contribution in [0.15, 0.2) is 54.6 Å². The summed E-state index contributed by atoms with van der Waals surface area (Å²) in [6.45, 7) is 2.12. The summed E-state index contributed by atoms with van der Waals surface area (Å²) in [6.07, 6.45) is 3.40. The first-order valence-electron chi connectivity index (χ1n) is 7.72. The maximum absolute atomic E-state index is 12.4. The zero-order chi connectivity index (χ0) is 14.7. The molecule has 1 N–H and O–H groups in total. The van der Waals surface area contributed by atoms with Crippen LogP contribution in [0, 0.1) is 5.92 Å². The molecule has 1 amide bonds. The van der Waals surface area contributed by atoms with Gasteiger partial charge in [-0.3, -0.25) is 4.79 Å². The summed E-state index contributed by atoms with van der Waals surface area (Å²) >= 11 is 0. The van der Waals surface area contributed by atoms with E-state index in [1.54, 1.807) is 0 Å². The lowest BCUT2D eigenvalue weighted by atomic mass is 10.0. The fourth-order valence-electron chi connectivity index (χ4n) is 2.68. The minimum atomic E-state index is 0.0263. The minimum Gasteiger partial charge on any atom is -0.345 e. The summed E-state index contributed by atoms with van der Waals surface area (Å²) in [4.78, 5) is 12.4. The number of carbonyl (C=O) groups excluding carboxylic acids is 1. The largest absolute Gasteiger partial charge is 0.345 e. The van der Waals surface area contributed by atoms with E-state index in [1.165, 1.54) is 24.0 Å². The third kappa shape index (κ3) is 3.33. The van der Waals surface area contributed by atoms with E-state index < -0.39 is 0 Å². The van der Waals surface area contributed by atoms with E-state index in [2.05, 4.69) is 24.4 Å². The van der Waals surface area contributed by atoms with Gasteiger partial charge in [0.05, 0.1) is 6.04 Å². The Kier molecular flexibility index (Phi) is 4.05. The molecular formula is C19H21NO. The Bertz CT molecular complexity index is 599. The lowest BCUT2D eigenvalue weighted by Gasteiger charge is -2.19. The molecule has 3 rings (SSSR count). The highest BCUT2D eigenvalue weighted by molar-refractivity contribution is 5.94. The highest BCUT2D eigenvalue weighted by Crippen LogP contribution is 2.41. The molecule has 21 heavy (non-hydrogen) atoms. The Labute approximate surface area is 126 Å². The monoisotopic (exact) mass is 279 g/mol. The van der Waals surface area contributed by atoms with Gasteiger partial charge in [-0.25, -0.2) is 0 Å². The second kappa shape index (κ2) is 6.13. The topological polar surface area (TPSA) is 29.1 Å². The van der Waals surface area contributed by atoms with Gasteiger partial charge in [-0.2, -0.15) is 0 Å². The van der Waals surface area contributed by atoms with Gasteiger partial charge in [0.2, 0.25) is 0 Å². The Morgan fingerprint density at radius 1 is 1.10 bits per heavy atom. The number of nitrogens with one attached hydrogen (secondary N) is 1. The van der Waals surface area contributed by atoms with Crippen LogP contribution >= 0.6 is 0 Å². The maximum atomic E-state index is 12.4. The molecular weight excluding hydrogens is 258 g/mol. The van der Waals surface area contributed by atoms with Gasteiger partial charge in [-0.1, -0.05) is 49.4 Å². The van der Waals surface area contributed by atoms with Gasteiger partial charge < -0.3 is 5.32 Å². The number of amides is 1. The SMILES string of the molecule is CCc1ccc(C(=O)N[C@H](c2ccccc2)C2CC2)cc1. The number of aryl methyl sites for hydroxylation is 1. The fourth-order valence-corrected chi connectivity index (χ4v) is 2.68. The van der Waals surface area contributed by atoms with Crippen LogP contribution in [-0.2, 0) is 6.42 Å². The van der Waals surface area contributed by atoms with Crippen LogP contribution in [-0.4, -0.2) is 5.91 Å². The molecule has 2 nitrogen and oxygen atoms in total. The van der Waals surface area contributed by atoms with Crippen molar-refractivity contribution in [2.45, 2.75) is 32.2 Å². The predicted octanol–water partition coefficient (Wildman–Crippen LogP) is 4.13. The molecule has 0 heterocycles. The standard InChI is InChI=1S/C19H21NO/c1-2-14-8-10-17(11-9-14)19(21)20-18(16-12-13-16)15-6-4-3-5-7-15/h3-11,16,18H,2,12-13H2,1H3,(H,20,21)/t18-/m1/s1. The van der Waals surface area contributed by atoms with Crippen molar-refractivity contribution >= 4 is 5.91 Å². The number of benzene rings is 2. The molecule has 1 aliphatic carbocycles. The highest BCUT2D eigenvalue weighted by Gasteiger charge is 2.33. The van der Waals surface area contributed by atoms with Crippen molar-refractivity contribution in [3.8, 4) is 0 Å². The van der Waals surface area contributed by atoms with Gasteiger partial charge in [0.15, 0.2) is 0 Å². The van der Waals surface area contributed by atoms with Crippen molar-refractivity contribution in [2.75, 3.05) is 0 Å². The molecule has 2 aromatic rings. The second-order valence-electron chi connectivity index (χ2n) is 5.75. The number of hydrogen-bond donors (Lipinski definition) is 1. The van der Waals surface area contributed by atoms with Gasteiger partial charge in [0.25, 0.3) is 5.91 Å². The van der Waals surface area contributed by atoms with Crippen LogP contribution in [0.5, 0.6) is 0 Å². The molecule has 0 unspecified atom stereocenters. The third-order valence-corrected chi connectivity index (χ3v) is 4.16. The summed E-state index contributed by atoms with van der Waals surface area (Å²) in [5.41, 5.74) is 3.21. The molecule has 1 fully saturated rings. The summed E-state index contributed by atoms with van der Waals surface area (Å²) in [5, 5.41) is 3.21. The van der Waals surface area contributed by atoms with Gasteiger partial charge in [0.1, 0.15) is 0 Å². The van der Waals surface area contributed by atoms with E-state index >= 15 is 0 Å². The first-order chi connectivity index (χ1) is 10.3. The Morgan fingerprint density at radius 3 is 2.33 bits per heavy atom. The van der Waals surface area contributed by atoms with Gasteiger partial charge >= 0.3 is 0 Å². The molecule has 2 heteroatoms. The second-order valence-corrected chi connectivity index (χ2v) is 5.75. The van der Waals surface area contributed by atoms with E-state index in [1.807, 2.05) is 42.5 Å². The first-order valence-corrected chi connectivity index (χ1v) is 7.72. The van der Waals surface area contributed by atoms with E-state index in [9.17, 15) is 4.79 Å². The minimum absolute atomic E-state index is 0.0263. The van der Waals surface area contributed by atoms with Crippen LogP contribution in [0.3, 0.4) is 0 Å². The van der Waals surface area contributed by atoms with Crippen LogP contribution < -0.4 is 5.32 Å². The van der Waals surface area contributed by atoms with Crippen molar-refractivity contribution in [2.24, 2.45) is 5.92 Å². The van der Waals surface area contributed by atoms with Crippen LogP contribution in [0.4, 0.5) is 0 Å². The number of hydrogen-bond acceptors (Lipinski definition) is 1. The molecule has 0 spiro atoms. The zero-order valence-electron chi connectivity index (χ0n) is 12.4.